The Hall–Kier alpha value is -1.04. The fraction of sp³-hybridized carbons (Fsp3) is 0.600. The highest BCUT2D eigenvalue weighted by Crippen LogP contribution is 2.30. The average molecular weight is 269 g/mol. The van der Waals surface area contributed by atoms with Gasteiger partial charge in [-0.3, -0.25) is 0 Å². The smallest absolute Gasteiger partial charge is 0.433 e. The van der Waals surface area contributed by atoms with Crippen LogP contribution >= 0.6 is 11.6 Å². The standard InChI is InChI=1S/C10H12ClF3N2O/c1-5(2)6(3)17-8-4-7(10(12,13)14)15-9(11)16-8/h4-6H,1-3H3. The summed E-state index contributed by atoms with van der Waals surface area (Å²) in [4.78, 5) is 6.71. The average Bonchev–Trinajstić information content (AvgIpc) is 2.15. The molecule has 0 saturated heterocycles. The topological polar surface area (TPSA) is 35.0 Å². The second-order valence-electron chi connectivity index (χ2n) is 3.93. The fourth-order valence-corrected chi connectivity index (χ4v) is 1.10. The molecule has 17 heavy (non-hydrogen) atoms. The zero-order chi connectivity index (χ0) is 13.2. The van der Waals surface area contributed by atoms with E-state index in [-0.39, 0.29) is 17.9 Å². The van der Waals surface area contributed by atoms with Crippen LogP contribution in [-0.2, 0) is 6.18 Å². The Kier molecular flexibility index (Phi) is 4.19. The quantitative estimate of drug-likeness (QED) is 0.786. The van der Waals surface area contributed by atoms with Crippen LogP contribution in [0.1, 0.15) is 26.5 Å². The van der Waals surface area contributed by atoms with Crippen molar-refractivity contribution in [2.24, 2.45) is 5.92 Å². The van der Waals surface area contributed by atoms with E-state index in [1.807, 2.05) is 13.8 Å². The van der Waals surface area contributed by atoms with Crippen LogP contribution in [0.5, 0.6) is 5.88 Å². The fourth-order valence-electron chi connectivity index (χ4n) is 0.929. The third kappa shape index (κ3) is 4.03. The van der Waals surface area contributed by atoms with Gasteiger partial charge < -0.3 is 4.74 Å². The number of hydrogen-bond acceptors (Lipinski definition) is 3. The van der Waals surface area contributed by atoms with E-state index in [1.54, 1.807) is 6.92 Å². The Morgan fingerprint density at radius 1 is 1.24 bits per heavy atom. The Balaban J connectivity index is 2.98. The van der Waals surface area contributed by atoms with Crippen molar-refractivity contribution in [3.8, 4) is 5.88 Å². The van der Waals surface area contributed by atoms with Gasteiger partial charge in [-0.2, -0.15) is 18.2 Å². The number of ether oxygens (including phenoxy) is 1. The monoisotopic (exact) mass is 268 g/mol. The number of hydrogen-bond donors (Lipinski definition) is 0. The van der Waals surface area contributed by atoms with Crippen molar-refractivity contribution in [1.29, 1.82) is 0 Å². The molecule has 1 unspecified atom stereocenters. The van der Waals surface area contributed by atoms with E-state index < -0.39 is 17.2 Å². The molecule has 0 amide bonds. The summed E-state index contributed by atoms with van der Waals surface area (Å²) in [5, 5.41) is -0.481. The number of alkyl halides is 3. The zero-order valence-electron chi connectivity index (χ0n) is 9.55. The van der Waals surface area contributed by atoms with Crippen LogP contribution in [-0.4, -0.2) is 16.1 Å². The van der Waals surface area contributed by atoms with Crippen LogP contribution in [0.3, 0.4) is 0 Å². The van der Waals surface area contributed by atoms with Crippen LogP contribution in [0.2, 0.25) is 5.28 Å². The first-order chi connectivity index (χ1) is 7.70. The highest BCUT2D eigenvalue weighted by atomic mass is 35.5. The molecule has 0 saturated carbocycles. The zero-order valence-corrected chi connectivity index (χ0v) is 10.3. The number of nitrogens with zero attached hydrogens (tertiary/aromatic N) is 2. The van der Waals surface area contributed by atoms with Gasteiger partial charge in [0.05, 0.1) is 6.10 Å². The molecular weight excluding hydrogens is 257 g/mol. The van der Waals surface area contributed by atoms with Gasteiger partial charge in [0, 0.05) is 6.07 Å². The highest BCUT2D eigenvalue weighted by molar-refractivity contribution is 6.28. The first-order valence-corrected chi connectivity index (χ1v) is 5.36. The van der Waals surface area contributed by atoms with E-state index in [0.717, 1.165) is 6.07 Å². The number of halogens is 4. The van der Waals surface area contributed by atoms with Crippen molar-refractivity contribution < 1.29 is 17.9 Å². The van der Waals surface area contributed by atoms with Gasteiger partial charge in [0.2, 0.25) is 11.2 Å². The molecule has 0 radical (unpaired) electrons. The van der Waals surface area contributed by atoms with Gasteiger partial charge in [-0.05, 0) is 24.4 Å². The lowest BCUT2D eigenvalue weighted by atomic mass is 10.1. The molecule has 0 aliphatic heterocycles. The summed E-state index contributed by atoms with van der Waals surface area (Å²) in [6.45, 7) is 5.52. The summed E-state index contributed by atoms with van der Waals surface area (Å²) in [7, 11) is 0. The van der Waals surface area contributed by atoms with Crippen molar-refractivity contribution in [3.05, 3.63) is 17.0 Å². The van der Waals surface area contributed by atoms with Gasteiger partial charge in [-0.15, -0.1) is 0 Å². The van der Waals surface area contributed by atoms with E-state index in [0.29, 0.717) is 0 Å². The Morgan fingerprint density at radius 3 is 2.29 bits per heavy atom. The molecule has 1 heterocycles. The molecule has 96 valence electrons. The van der Waals surface area contributed by atoms with Crippen LogP contribution in [0.4, 0.5) is 13.2 Å². The molecule has 1 aromatic heterocycles. The second-order valence-corrected chi connectivity index (χ2v) is 4.26. The summed E-state index contributed by atoms with van der Waals surface area (Å²) in [6, 6.07) is 0.741. The van der Waals surface area contributed by atoms with Crippen molar-refractivity contribution in [2.75, 3.05) is 0 Å². The molecule has 0 aliphatic rings. The molecule has 1 atom stereocenters. The van der Waals surface area contributed by atoms with Crippen LogP contribution in [0, 0.1) is 5.92 Å². The molecule has 0 aromatic carbocycles. The normalized spacial score (nSPS) is 13.9. The lowest BCUT2D eigenvalue weighted by molar-refractivity contribution is -0.141. The molecule has 0 N–H and O–H groups in total. The Bertz CT molecular complexity index is 396. The maximum Gasteiger partial charge on any atom is 0.433 e. The van der Waals surface area contributed by atoms with E-state index >= 15 is 0 Å². The number of rotatable bonds is 3. The summed E-state index contributed by atoms with van der Waals surface area (Å²) in [5.74, 6) is -0.0170. The van der Waals surface area contributed by atoms with Crippen molar-refractivity contribution >= 4 is 11.6 Å². The Labute approximate surface area is 102 Å². The molecule has 0 spiro atoms. The van der Waals surface area contributed by atoms with E-state index in [1.165, 1.54) is 0 Å². The largest absolute Gasteiger partial charge is 0.474 e. The highest BCUT2D eigenvalue weighted by Gasteiger charge is 2.34. The van der Waals surface area contributed by atoms with Crippen LogP contribution < -0.4 is 4.74 Å². The Morgan fingerprint density at radius 2 is 1.82 bits per heavy atom. The summed E-state index contributed by atoms with van der Waals surface area (Å²) in [6.07, 6.45) is -4.83. The lowest BCUT2D eigenvalue weighted by Crippen LogP contribution is -2.20. The van der Waals surface area contributed by atoms with E-state index in [9.17, 15) is 13.2 Å². The molecule has 3 nitrogen and oxygen atoms in total. The lowest BCUT2D eigenvalue weighted by Gasteiger charge is -2.17. The second kappa shape index (κ2) is 5.08. The van der Waals surface area contributed by atoms with Gasteiger partial charge in [0.15, 0.2) is 5.69 Å². The summed E-state index contributed by atoms with van der Waals surface area (Å²) >= 11 is 5.42. The molecule has 0 fully saturated rings. The minimum absolute atomic E-state index is 0.151. The van der Waals surface area contributed by atoms with Gasteiger partial charge in [-0.25, -0.2) is 4.98 Å². The number of aromatic nitrogens is 2. The first-order valence-electron chi connectivity index (χ1n) is 4.98. The summed E-state index contributed by atoms with van der Waals surface area (Å²) in [5.41, 5.74) is -1.11. The van der Waals surface area contributed by atoms with Gasteiger partial charge in [0.1, 0.15) is 0 Å². The predicted molar refractivity (Wildman–Crippen MR) is 57.0 cm³/mol. The maximum atomic E-state index is 12.4. The molecule has 7 heteroatoms. The minimum Gasteiger partial charge on any atom is -0.474 e. The third-order valence-corrected chi connectivity index (χ3v) is 2.38. The van der Waals surface area contributed by atoms with Crippen molar-refractivity contribution in [2.45, 2.75) is 33.1 Å². The summed E-state index contributed by atoms with van der Waals surface area (Å²) < 4.78 is 42.6. The maximum absolute atomic E-state index is 12.4. The first kappa shape index (κ1) is 14.0. The SMILES string of the molecule is CC(C)C(C)Oc1cc(C(F)(F)F)nc(Cl)n1. The molecule has 1 aromatic rings. The van der Waals surface area contributed by atoms with Gasteiger partial charge >= 0.3 is 6.18 Å². The van der Waals surface area contributed by atoms with E-state index in [4.69, 9.17) is 16.3 Å². The minimum atomic E-state index is -4.56. The molecule has 1 rings (SSSR count). The van der Waals surface area contributed by atoms with Crippen LogP contribution in [0.15, 0.2) is 6.07 Å². The molecular formula is C10H12ClF3N2O. The van der Waals surface area contributed by atoms with Crippen molar-refractivity contribution in [3.63, 3.8) is 0 Å². The van der Waals surface area contributed by atoms with Crippen molar-refractivity contribution in [1.82, 2.24) is 9.97 Å². The third-order valence-electron chi connectivity index (χ3n) is 2.21. The van der Waals surface area contributed by atoms with Crippen LogP contribution in [0.25, 0.3) is 0 Å². The van der Waals surface area contributed by atoms with Gasteiger partial charge in [-0.1, -0.05) is 13.8 Å². The molecule has 0 aliphatic carbocycles. The molecule has 0 bridgehead atoms. The van der Waals surface area contributed by atoms with E-state index in [2.05, 4.69) is 9.97 Å². The van der Waals surface area contributed by atoms with Gasteiger partial charge in [0.25, 0.3) is 0 Å². The predicted octanol–water partition coefficient (Wildman–Crippen LogP) is 3.57.